The minimum absolute atomic E-state index is 0.128. The summed E-state index contributed by atoms with van der Waals surface area (Å²) in [5.74, 6) is 1.84. The highest BCUT2D eigenvalue weighted by atomic mass is 35.5. The van der Waals surface area contributed by atoms with Gasteiger partial charge in [0.05, 0.1) is 25.9 Å². The van der Waals surface area contributed by atoms with Crippen molar-refractivity contribution in [3.8, 4) is 23.0 Å². The first-order valence-corrected chi connectivity index (χ1v) is 12.8. The van der Waals surface area contributed by atoms with Crippen molar-refractivity contribution in [3.05, 3.63) is 76.3 Å². The number of nitrogens with one attached hydrogen (secondary N) is 1. The molecule has 10 nitrogen and oxygen atoms in total. The molecule has 0 aliphatic carbocycles. The largest absolute Gasteiger partial charge is 0.497 e. The van der Waals surface area contributed by atoms with Crippen LogP contribution in [0.25, 0.3) is 0 Å². The number of nitrogens with two attached hydrogens (primary N) is 1. The van der Waals surface area contributed by atoms with Crippen LogP contribution in [0.5, 0.6) is 23.0 Å². The van der Waals surface area contributed by atoms with E-state index in [1.165, 1.54) is 6.07 Å². The molecule has 0 bridgehead atoms. The van der Waals surface area contributed by atoms with Gasteiger partial charge in [0.2, 0.25) is 0 Å². The molecule has 0 saturated carbocycles. The topological polar surface area (TPSA) is 125 Å². The monoisotopic (exact) mass is 577 g/mol. The van der Waals surface area contributed by atoms with Crippen LogP contribution in [0.4, 0.5) is 10.5 Å². The van der Waals surface area contributed by atoms with Crippen molar-refractivity contribution < 1.29 is 33.7 Å². The number of carbonyl (C=O) groups excluding carboxylic acids is 1. The second kappa shape index (κ2) is 13.6. The molecule has 0 aromatic heterocycles. The van der Waals surface area contributed by atoms with Gasteiger partial charge in [0, 0.05) is 16.1 Å². The van der Waals surface area contributed by atoms with Crippen LogP contribution in [0.2, 0.25) is 10.0 Å². The lowest BCUT2D eigenvalue weighted by Gasteiger charge is -2.21. The standard InChI is InChI=1S/C27H29Cl2N3O7/c1-35-21-6-2-17(3-7-21)14-36-25-11-19(29)10-24(31-27(30)34)26(25)37-15-20(33)12-32-13-23(16-38-32)39-22-8-4-18(28)5-9-22/h2-11,20,23,33H,12-16H2,1H3,(H3,30,31,34)/t20-,23+/m0/s1. The molecule has 1 fully saturated rings. The van der Waals surface area contributed by atoms with Crippen molar-refractivity contribution in [1.29, 1.82) is 0 Å². The van der Waals surface area contributed by atoms with Gasteiger partial charge in [-0.05, 0) is 48.0 Å². The molecule has 1 heterocycles. The van der Waals surface area contributed by atoms with Crippen molar-refractivity contribution in [2.24, 2.45) is 5.73 Å². The van der Waals surface area contributed by atoms with Crippen LogP contribution in [0, 0.1) is 0 Å². The van der Waals surface area contributed by atoms with E-state index >= 15 is 0 Å². The number of anilines is 1. The van der Waals surface area contributed by atoms with Gasteiger partial charge in [0.1, 0.15) is 43.5 Å². The Hall–Kier alpha value is -3.41. The number of hydrogen-bond acceptors (Lipinski definition) is 8. The third-order valence-electron chi connectivity index (χ3n) is 5.63. The first-order chi connectivity index (χ1) is 18.8. The molecule has 1 aliphatic rings. The lowest BCUT2D eigenvalue weighted by Crippen LogP contribution is -2.35. The molecule has 12 heteroatoms. The molecule has 39 heavy (non-hydrogen) atoms. The van der Waals surface area contributed by atoms with Crippen LogP contribution in [0.1, 0.15) is 5.56 Å². The van der Waals surface area contributed by atoms with Crippen LogP contribution >= 0.6 is 23.2 Å². The molecule has 2 amide bonds. The van der Waals surface area contributed by atoms with Crippen molar-refractivity contribution in [2.75, 3.05) is 38.7 Å². The van der Waals surface area contributed by atoms with Gasteiger partial charge >= 0.3 is 6.03 Å². The number of benzene rings is 3. The number of primary amides is 1. The maximum Gasteiger partial charge on any atom is 0.316 e. The molecule has 4 rings (SSSR count). The molecule has 1 saturated heterocycles. The van der Waals surface area contributed by atoms with Crippen LogP contribution in [0.15, 0.2) is 60.7 Å². The van der Waals surface area contributed by atoms with Crippen molar-refractivity contribution >= 4 is 34.9 Å². The Bertz CT molecular complexity index is 1250. The van der Waals surface area contributed by atoms with E-state index in [4.69, 9.17) is 52.7 Å². The number of methoxy groups -OCH3 is 1. The smallest absolute Gasteiger partial charge is 0.316 e. The highest BCUT2D eigenvalue weighted by Gasteiger charge is 2.27. The lowest BCUT2D eigenvalue weighted by atomic mass is 10.2. The molecule has 0 radical (unpaired) electrons. The van der Waals surface area contributed by atoms with Crippen LogP contribution < -0.4 is 30.0 Å². The molecule has 3 aromatic carbocycles. The number of aliphatic hydroxyl groups is 1. The quantitative estimate of drug-likeness (QED) is 0.287. The Morgan fingerprint density at radius 2 is 1.82 bits per heavy atom. The summed E-state index contributed by atoms with van der Waals surface area (Å²) >= 11 is 12.2. The van der Waals surface area contributed by atoms with E-state index in [1.54, 1.807) is 42.5 Å². The Balaban J connectivity index is 1.36. The summed E-state index contributed by atoms with van der Waals surface area (Å²) in [5.41, 5.74) is 6.41. The zero-order chi connectivity index (χ0) is 27.8. The minimum Gasteiger partial charge on any atom is -0.497 e. The van der Waals surface area contributed by atoms with Gasteiger partial charge < -0.3 is 35.1 Å². The number of amides is 2. The maximum absolute atomic E-state index is 11.6. The molecule has 3 aromatic rings. The summed E-state index contributed by atoms with van der Waals surface area (Å²) in [6.07, 6.45) is -1.15. The second-order valence-corrected chi connectivity index (χ2v) is 9.58. The zero-order valence-corrected chi connectivity index (χ0v) is 22.7. The number of hydroxylamine groups is 2. The van der Waals surface area contributed by atoms with Crippen LogP contribution in [0.3, 0.4) is 0 Å². The first kappa shape index (κ1) is 28.6. The molecule has 2 atom stereocenters. The van der Waals surface area contributed by atoms with Gasteiger partial charge in [-0.15, -0.1) is 0 Å². The van der Waals surface area contributed by atoms with Gasteiger partial charge in [-0.1, -0.05) is 35.3 Å². The Kier molecular flexibility index (Phi) is 9.96. The zero-order valence-electron chi connectivity index (χ0n) is 21.1. The third-order valence-corrected chi connectivity index (χ3v) is 6.10. The molecule has 0 unspecified atom stereocenters. The number of ether oxygens (including phenoxy) is 4. The van der Waals surface area contributed by atoms with Gasteiger partial charge in [-0.2, -0.15) is 5.06 Å². The maximum atomic E-state index is 11.6. The van der Waals surface area contributed by atoms with E-state index in [9.17, 15) is 9.90 Å². The molecule has 0 spiro atoms. The minimum atomic E-state index is -0.939. The van der Waals surface area contributed by atoms with E-state index in [2.05, 4.69) is 5.32 Å². The van der Waals surface area contributed by atoms with Crippen molar-refractivity contribution in [2.45, 2.75) is 18.8 Å². The Labute approximate surface area is 236 Å². The third kappa shape index (κ3) is 8.54. The Morgan fingerprint density at radius 3 is 2.51 bits per heavy atom. The van der Waals surface area contributed by atoms with Crippen LogP contribution in [-0.4, -0.2) is 61.8 Å². The summed E-state index contributed by atoms with van der Waals surface area (Å²) < 4.78 is 22.9. The predicted molar refractivity (Wildman–Crippen MR) is 147 cm³/mol. The van der Waals surface area contributed by atoms with Gasteiger partial charge in [0.15, 0.2) is 11.5 Å². The molecule has 4 N–H and O–H groups in total. The fraction of sp³-hybridized carbons (Fsp3) is 0.296. The van der Waals surface area contributed by atoms with E-state index < -0.39 is 12.1 Å². The highest BCUT2D eigenvalue weighted by Crippen LogP contribution is 2.39. The molecule has 1 aliphatic heterocycles. The number of nitrogens with zero attached hydrogens (tertiary/aromatic N) is 1. The average Bonchev–Trinajstić information content (AvgIpc) is 3.34. The number of urea groups is 1. The van der Waals surface area contributed by atoms with Gasteiger partial charge in [-0.25, -0.2) is 4.79 Å². The summed E-state index contributed by atoms with van der Waals surface area (Å²) in [6, 6.07) is 16.6. The molecule has 208 valence electrons. The number of rotatable bonds is 12. The predicted octanol–water partition coefficient (Wildman–Crippen LogP) is 4.51. The number of hydrogen-bond donors (Lipinski definition) is 3. The summed E-state index contributed by atoms with van der Waals surface area (Å²) in [7, 11) is 1.59. The number of halogens is 2. The SMILES string of the molecule is COc1ccc(COc2cc(Cl)cc(NC(N)=O)c2OC[C@@H](O)CN2C[C@@H](Oc3ccc(Cl)cc3)CO2)cc1. The summed E-state index contributed by atoms with van der Waals surface area (Å²) in [4.78, 5) is 17.2. The van der Waals surface area contributed by atoms with E-state index in [-0.39, 0.29) is 43.0 Å². The molecular formula is C27H29Cl2N3O7. The Morgan fingerprint density at radius 1 is 1.10 bits per heavy atom. The number of carbonyl (C=O) groups is 1. The van der Waals surface area contributed by atoms with E-state index in [1.807, 2.05) is 24.3 Å². The average molecular weight is 578 g/mol. The van der Waals surface area contributed by atoms with Gasteiger partial charge in [-0.3, -0.25) is 4.84 Å². The summed E-state index contributed by atoms with van der Waals surface area (Å²) in [5, 5.41) is 15.7. The normalized spacial score (nSPS) is 15.9. The van der Waals surface area contributed by atoms with Gasteiger partial charge in [0.25, 0.3) is 0 Å². The number of aliphatic hydroxyl groups excluding tert-OH is 1. The van der Waals surface area contributed by atoms with E-state index in [0.717, 1.165) is 11.3 Å². The number of β-amino-alcohol motifs (C(OH)–C–C–N with tert-alkyl or cyclic N) is 1. The van der Waals surface area contributed by atoms with E-state index in [0.29, 0.717) is 28.9 Å². The first-order valence-electron chi connectivity index (χ1n) is 12.1. The van der Waals surface area contributed by atoms with Crippen molar-refractivity contribution in [1.82, 2.24) is 5.06 Å². The summed E-state index contributed by atoms with van der Waals surface area (Å²) in [6.45, 7) is 1.01. The fourth-order valence-electron chi connectivity index (χ4n) is 3.83. The lowest BCUT2D eigenvalue weighted by molar-refractivity contribution is -0.131. The highest BCUT2D eigenvalue weighted by molar-refractivity contribution is 6.31. The van der Waals surface area contributed by atoms with Crippen molar-refractivity contribution in [3.63, 3.8) is 0 Å². The fourth-order valence-corrected chi connectivity index (χ4v) is 4.16. The molecular weight excluding hydrogens is 549 g/mol. The van der Waals surface area contributed by atoms with Crippen LogP contribution in [-0.2, 0) is 11.4 Å². The second-order valence-electron chi connectivity index (χ2n) is 8.71.